The Bertz CT molecular complexity index is 584. The van der Waals surface area contributed by atoms with Crippen LogP contribution in [0, 0.1) is 13.8 Å². The van der Waals surface area contributed by atoms with Gasteiger partial charge in [-0.2, -0.15) is 0 Å². The summed E-state index contributed by atoms with van der Waals surface area (Å²) in [6.07, 6.45) is 0.630. The van der Waals surface area contributed by atoms with E-state index in [1.165, 1.54) is 5.56 Å². The van der Waals surface area contributed by atoms with E-state index in [0.29, 0.717) is 13.0 Å². The molecule has 0 aliphatic carbocycles. The first-order valence-electron chi connectivity index (χ1n) is 5.45. The molecule has 0 saturated carbocycles. The highest BCUT2D eigenvalue weighted by atomic mass is 16.1. The van der Waals surface area contributed by atoms with E-state index < -0.39 is 0 Å². The zero-order valence-electron chi connectivity index (χ0n) is 9.63. The van der Waals surface area contributed by atoms with Gasteiger partial charge in [-0.05, 0) is 44.5 Å². The minimum atomic E-state index is -0.0145. The van der Waals surface area contributed by atoms with Crippen LogP contribution in [0.3, 0.4) is 0 Å². The van der Waals surface area contributed by atoms with E-state index in [0.717, 1.165) is 22.0 Å². The maximum Gasteiger partial charge on any atom is 0.251 e. The van der Waals surface area contributed by atoms with Crippen LogP contribution in [0.1, 0.15) is 16.7 Å². The van der Waals surface area contributed by atoms with Crippen LogP contribution in [0.2, 0.25) is 0 Å². The Morgan fingerprint density at radius 1 is 1.31 bits per heavy atom. The number of aryl methyl sites for hydroxylation is 2. The fraction of sp³-hybridized carbons (Fsp3) is 0.308. The maximum atomic E-state index is 11.8. The van der Waals surface area contributed by atoms with E-state index in [1.807, 2.05) is 26.0 Å². The molecule has 1 aromatic heterocycles. The van der Waals surface area contributed by atoms with Crippen molar-refractivity contribution in [2.45, 2.75) is 20.3 Å². The average Bonchev–Trinajstić information content (AvgIpc) is 2.26. The lowest BCUT2D eigenvalue weighted by Crippen LogP contribution is -2.18. The number of benzene rings is 1. The molecule has 1 heterocycles. The number of fused-ring (bicyclic) bond motifs is 1. The number of nitrogens with two attached hydrogens (primary N) is 1. The van der Waals surface area contributed by atoms with Gasteiger partial charge in [0.2, 0.25) is 0 Å². The van der Waals surface area contributed by atoms with Gasteiger partial charge in [0.25, 0.3) is 5.56 Å². The third-order valence-corrected chi connectivity index (χ3v) is 2.95. The van der Waals surface area contributed by atoms with E-state index in [4.69, 9.17) is 5.73 Å². The highest BCUT2D eigenvalue weighted by Crippen LogP contribution is 2.18. The monoisotopic (exact) mass is 216 g/mol. The molecule has 0 bridgehead atoms. The minimum absolute atomic E-state index is 0.0145. The van der Waals surface area contributed by atoms with Gasteiger partial charge in [0.05, 0.1) is 0 Å². The molecular formula is C13H16N2O. The van der Waals surface area contributed by atoms with Gasteiger partial charge in [0, 0.05) is 16.5 Å². The van der Waals surface area contributed by atoms with Crippen molar-refractivity contribution in [1.82, 2.24) is 4.98 Å². The number of aromatic amines is 1. The van der Waals surface area contributed by atoms with Crippen LogP contribution in [0.25, 0.3) is 10.9 Å². The first-order chi connectivity index (χ1) is 7.63. The standard InChI is InChI=1S/C13H16N2O/c1-8-3-4-12-11(7-8)9(2)10(5-6-14)13(16)15-12/h3-4,7H,5-6,14H2,1-2H3,(H,15,16). The number of pyridine rings is 1. The summed E-state index contributed by atoms with van der Waals surface area (Å²) in [4.78, 5) is 14.7. The summed E-state index contributed by atoms with van der Waals surface area (Å²) in [7, 11) is 0. The number of rotatable bonds is 2. The minimum Gasteiger partial charge on any atom is -0.330 e. The zero-order chi connectivity index (χ0) is 11.7. The SMILES string of the molecule is Cc1ccc2[nH]c(=O)c(CCN)c(C)c2c1. The number of H-pyrrole nitrogens is 1. The molecule has 0 amide bonds. The summed E-state index contributed by atoms with van der Waals surface area (Å²) in [5.74, 6) is 0. The van der Waals surface area contributed by atoms with Crippen LogP contribution in [0.4, 0.5) is 0 Å². The first kappa shape index (κ1) is 10.9. The zero-order valence-corrected chi connectivity index (χ0v) is 9.63. The summed E-state index contributed by atoms with van der Waals surface area (Å²) >= 11 is 0. The summed E-state index contributed by atoms with van der Waals surface area (Å²) in [6, 6.07) is 6.05. The molecule has 0 aliphatic heterocycles. The maximum absolute atomic E-state index is 11.8. The molecule has 2 aromatic rings. The molecule has 0 fully saturated rings. The molecule has 0 radical (unpaired) electrons. The van der Waals surface area contributed by atoms with Gasteiger partial charge in [-0.25, -0.2) is 0 Å². The van der Waals surface area contributed by atoms with Gasteiger partial charge in [-0.1, -0.05) is 11.6 Å². The van der Waals surface area contributed by atoms with E-state index >= 15 is 0 Å². The molecule has 0 saturated heterocycles. The van der Waals surface area contributed by atoms with E-state index in [9.17, 15) is 4.79 Å². The fourth-order valence-corrected chi connectivity index (χ4v) is 2.05. The fourth-order valence-electron chi connectivity index (χ4n) is 2.05. The number of nitrogens with one attached hydrogen (secondary N) is 1. The Balaban J connectivity index is 2.79. The second-order valence-electron chi connectivity index (χ2n) is 4.15. The van der Waals surface area contributed by atoms with Crippen molar-refractivity contribution in [1.29, 1.82) is 0 Å². The van der Waals surface area contributed by atoms with E-state index in [1.54, 1.807) is 0 Å². The molecule has 1 aromatic carbocycles. The van der Waals surface area contributed by atoms with Crippen LogP contribution in [-0.4, -0.2) is 11.5 Å². The molecular weight excluding hydrogens is 200 g/mol. The van der Waals surface area contributed by atoms with Crippen molar-refractivity contribution in [3.05, 3.63) is 45.2 Å². The van der Waals surface area contributed by atoms with Gasteiger partial charge in [-0.3, -0.25) is 4.79 Å². The summed E-state index contributed by atoms with van der Waals surface area (Å²) in [5.41, 5.74) is 9.45. The highest BCUT2D eigenvalue weighted by molar-refractivity contribution is 5.83. The van der Waals surface area contributed by atoms with Crippen LogP contribution in [0.5, 0.6) is 0 Å². The van der Waals surface area contributed by atoms with Crippen LogP contribution >= 0.6 is 0 Å². The first-order valence-corrected chi connectivity index (χ1v) is 5.45. The summed E-state index contributed by atoms with van der Waals surface area (Å²) in [6.45, 7) is 4.54. The molecule has 16 heavy (non-hydrogen) atoms. The third-order valence-electron chi connectivity index (χ3n) is 2.95. The Hall–Kier alpha value is -1.61. The van der Waals surface area contributed by atoms with Crippen molar-refractivity contribution in [3.8, 4) is 0 Å². The molecule has 0 spiro atoms. The van der Waals surface area contributed by atoms with Crippen molar-refractivity contribution in [2.75, 3.05) is 6.54 Å². The highest BCUT2D eigenvalue weighted by Gasteiger charge is 2.08. The molecule has 0 aliphatic rings. The van der Waals surface area contributed by atoms with Crippen LogP contribution in [-0.2, 0) is 6.42 Å². The normalized spacial score (nSPS) is 10.9. The van der Waals surface area contributed by atoms with Gasteiger partial charge in [0.15, 0.2) is 0 Å². The third kappa shape index (κ3) is 1.74. The molecule has 3 nitrogen and oxygen atoms in total. The molecule has 3 heteroatoms. The lowest BCUT2D eigenvalue weighted by Gasteiger charge is -2.08. The molecule has 0 atom stereocenters. The lowest BCUT2D eigenvalue weighted by atomic mass is 10.0. The smallest absolute Gasteiger partial charge is 0.251 e. The second-order valence-corrected chi connectivity index (χ2v) is 4.15. The van der Waals surface area contributed by atoms with Crippen molar-refractivity contribution < 1.29 is 0 Å². The predicted molar refractivity (Wildman–Crippen MR) is 66.8 cm³/mol. The van der Waals surface area contributed by atoms with Crippen molar-refractivity contribution in [3.63, 3.8) is 0 Å². The van der Waals surface area contributed by atoms with Gasteiger partial charge < -0.3 is 10.7 Å². The Kier molecular flexibility index (Phi) is 2.79. The molecule has 3 N–H and O–H groups in total. The van der Waals surface area contributed by atoms with E-state index in [2.05, 4.69) is 11.1 Å². The second kappa shape index (κ2) is 4.10. The van der Waals surface area contributed by atoms with Crippen LogP contribution < -0.4 is 11.3 Å². The summed E-state index contributed by atoms with van der Waals surface area (Å²) < 4.78 is 0. The van der Waals surface area contributed by atoms with Crippen LogP contribution in [0.15, 0.2) is 23.0 Å². The Morgan fingerprint density at radius 2 is 2.06 bits per heavy atom. The van der Waals surface area contributed by atoms with Gasteiger partial charge in [0.1, 0.15) is 0 Å². The number of aromatic nitrogens is 1. The molecule has 0 unspecified atom stereocenters. The molecule has 2 rings (SSSR count). The quantitative estimate of drug-likeness (QED) is 0.801. The van der Waals surface area contributed by atoms with Gasteiger partial charge in [-0.15, -0.1) is 0 Å². The predicted octanol–water partition coefficient (Wildman–Crippen LogP) is 1.65. The Labute approximate surface area is 94.3 Å². The number of hydrogen-bond donors (Lipinski definition) is 2. The summed E-state index contributed by atoms with van der Waals surface area (Å²) in [5, 5.41) is 1.11. The van der Waals surface area contributed by atoms with Gasteiger partial charge >= 0.3 is 0 Å². The topological polar surface area (TPSA) is 58.9 Å². The lowest BCUT2D eigenvalue weighted by molar-refractivity contribution is 0.938. The molecule has 84 valence electrons. The average molecular weight is 216 g/mol. The van der Waals surface area contributed by atoms with Crippen molar-refractivity contribution in [2.24, 2.45) is 5.73 Å². The largest absolute Gasteiger partial charge is 0.330 e. The van der Waals surface area contributed by atoms with E-state index in [-0.39, 0.29) is 5.56 Å². The van der Waals surface area contributed by atoms with Crippen molar-refractivity contribution >= 4 is 10.9 Å². The Morgan fingerprint density at radius 3 is 2.75 bits per heavy atom. The number of hydrogen-bond acceptors (Lipinski definition) is 2.